The number of hydrogen-bond donors (Lipinski definition) is 0. The van der Waals surface area contributed by atoms with Gasteiger partial charge in [-0.3, -0.25) is 9.55 Å². The second-order valence-electron chi connectivity index (χ2n) is 6.96. The van der Waals surface area contributed by atoms with Gasteiger partial charge in [0.05, 0.1) is 18.5 Å². The second-order valence-corrected chi connectivity index (χ2v) is 8.99. The molecule has 0 amide bonds. The molecule has 0 bridgehead atoms. The standard InChI is InChI=1S/C20H26NO4P/c1-5-23-26(22,24-6-2)16-9-10-19-17(12-16)18(13-20(3,4)25-19)15-8-7-11-21-14-15/h7-12,14,18H,5-6,13H2,1-4H3. The Morgan fingerprint density at radius 3 is 2.58 bits per heavy atom. The Balaban J connectivity index is 2.10. The summed E-state index contributed by atoms with van der Waals surface area (Å²) >= 11 is 0. The van der Waals surface area contributed by atoms with Gasteiger partial charge in [0.25, 0.3) is 0 Å². The summed E-state index contributed by atoms with van der Waals surface area (Å²) in [5, 5.41) is 0.567. The average Bonchev–Trinajstić information content (AvgIpc) is 2.61. The van der Waals surface area contributed by atoms with Crippen LogP contribution in [0.1, 0.15) is 51.2 Å². The zero-order chi connectivity index (χ0) is 18.8. The lowest BCUT2D eigenvalue weighted by Crippen LogP contribution is -2.35. The molecule has 0 saturated heterocycles. The van der Waals surface area contributed by atoms with Crippen LogP contribution in [0.25, 0.3) is 0 Å². The van der Waals surface area contributed by atoms with E-state index in [-0.39, 0.29) is 11.5 Å². The van der Waals surface area contributed by atoms with Crippen molar-refractivity contribution in [3.63, 3.8) is 0 Å². The summed E-state index contributed by atoms with van der Waals surface area (Å²) in [6.07, 6.45) is 4.46. The predicted octanol–water partition coefficient (Wildman–Crippen LogP) is 4.67. The molecule has 1 atom stereocenters. The first kappa shape index (κ1) is 19.1. The quantitative estimate of drug-likeness (QED) is 0.687. The maximum Gasteiger partial charge on any atom is 0.361 e. The zero-order valence-corrected chi connectivity index (χ0v) is 16.7. The molecule has 0 fully saturated rings. The molecule has 0 spiro atoms. The summed E-state index contributed by atoms with van der Waals surface area (Å²) in [6.45, 7) is 8.44. The molecule has 2 aromatic rings. The lowest BCUT2D eigenvalue weighted by molar-refractivity contribution is 0.0775. The van der Waals surface area contributed by atoms with Crippen molar-refractivity contribution in [1.82, 2.24) is 4.98 Å². The van der Waals surface area contributed by atoms with Gasteiger partial charge in [0, 0.05) is 23.9 Å². The molecule has 26 heavy (non-hydrogen) atoms. The van der Waals surface area contributed by atoms with Crippen LogP contribution < -0.4 is 10.0 Å². The van der Waals surface area contributed by atoms with Gasteiger partial charge in [-0.2, -0.15) is 0 Å². The van der Waals surface area contributed by atoms with Crippen molar-refractivity contribution >= 4 is 12.9 Å². The summed E-state index contributed by atoms with van der Waals surface area (Å²) in [5.74, 6) is 0.914. The van der Waals surface area contributed by atoms with Crippen molar-refractivity contribution in [3.05, 3.63) is 53.9 Å². The molecule has 1 aliphatic heterocycles. The molecule has 5 nitrogen and oxygen atoms in total. The van der Waals surface area contributed by atoms with Crippen molar-refractivity contribution in [3.8, 4) is 5.75 Å². The van der Waals surface area contributed by atoms with Crippen LogP contribution in [0.4, 0.5) is 0 Å². The summed E-state index contributed by atoms with van der Waals surface area (Å²) < 4.78 is 30.4. The number of nitrogens with zero attached hydrogens (tertiary/aromatic N) is 1. The molecule has 1 aromatic carbocycles. The van der Waals surface area contributed by atoms with E-state index in [2.05, 4.69) is 24.9 Å². The van der Waals surface area contributed by atoms with E-state index in [0.29, 0.717) is 18.5 Å². The van der Waals surface area contributed by atoms with Gasteiger partial charge < -0.3 is 13.8 Å². The first-order valence-corrected chi connectivity index (χ1v) is 10.6. The smallest absolute Gasteiger partial charge is 0.361 e. The number of fused-ring (bicyclic) bond motifs is 1. The van der Waals surface area contributed by atoms with Gasteiger partial charge in [-0.1, -0.05) is 6.07 Å². The lowest BCUT2D eigenvalue weighted by atomic mass is 9.81. The minimum Gasteiger partial charge on any atom is -0.488 e. The van der Waals surface area contributed by atoms with Gasteiger partial charge in [0.2, 0.25) is 0 Å². The molecule has 2 heterocycles. The zero-order valence-electron chi connectivity index (χ0n) is 15.8. The average molecular weight is 375 g/mol. The van der Waals surface area contributed by atoms with E-state index >= 15 is 0 Å². The number of benzene rings is 1. The molecule has 0 saturated carbocycles. The highest BCUT2D eigenvalue weighted by Crippen LogP contribution is 2.50. The van der Waals surface area contributed by atoms with Crippen LogP contribution >= 0.6 is 7.60 Å². The third-order valence-electron chi connectivity index (χ3n) is 4.45. The molecule has 0 radical (unpaired) electrons. The minimum atomic E-state index is -3.34. The predicted molar refractivity (Wildman–Crippen MR) is 102 cm³/mol. The maximum absolute atomic E-state index is 13.2. The number of hydrogen-bond acceptors (Lipinski definition) is 5. The number of pyridine rings is 1. The fourth-order valence-corrected chi connectivity index (χ4v) is 5.02. The van der Waals surface area contributed by atoms with E-state index in [1.54, 1.807) is 12.3 Å². The number of aromatic nitrogens is 1. The van der Waals surface area contributed by atoms with Crippen LogP contribution in [-0.4, -0.2) is 23.8 Å². The molecule has 0 N–H and O–H groups in total. The van der Waals surface area contributed by atoms with Gasteiger partial charge in [-0.25, -0.2) is 0 Å². The molecule has 0 aliphatic carbocycles. The molecule has 1 aliphatic rings. The third-order valence-corrected chi connectivity index (χ3v) is 6.56. The molecule has 3 rings (SSSR count). The monoisotopic (exact) mass is 375 g/mol. The fraction of sp³-hybridized carbons (Fsp3) is 0.450. The van der Waals surface area contributed by atoms with Gasteiger partial charge in [-0.15, -0.1) is 0 Å². The van der Waals surface area contributed by atoms with E-state index in [1.165, 1.54) is 0 Å². The molecule has 6 heteroatoms. The molecular weight excluding hydrogens is 349 g/mol. The van der Waals surface area contributed by atoms with Gasteiger partial charge in [0.1, 0.15) is 11.4 Å². The lowest BCUT2D eigenvalue weighted by Gasteiger charge is -2.38. The van der Waals surface area contributed by atoms with E-state index in [0.717, 1.165) is 23.3 Å². The summed E-state index contributed by atoms with van der Waals surface area (Å²) in [4.78, 5) is 4.27. The number of rotatable bonds is 6. The molecule has 140 valence electrons. The van der Waals surface area contributed by atoms with Crippen molar-refractivity contribution < 1.29 is 18.3 Å². The van der Waals surface area contributed by atoms with Gasteiger partial charge in [0.15, 0.2) is 0 Å². The van der Waals surface area contributed by atoms with Crippen LogP contribution in [0, 0.1) is 0 Å². The van der Waals surface area contributed by atoms with E-state index < -0.39 is 7.60 Å². The largest absolute Gasteiger partial charge is 0.488 e. The molecule has 1 aromatic heterocycles. The highest BCUT2D eigenvalue weighted by Gasteiger charge is 2.37. The Kier molecular flexibility index (Phi) is 5.52. The maximum atomic E-state index is 13.2. The fourth-order valence-electron chi connectivity index (χ4n) is 3.42. The Labute approximate surface area is 155 Å². The van der Waals surface area contributed by atoms with E-state index in [9.17, 15) is 4.57 Å². The normalized spacial score (nSPS) is 18.8. The van der Waals surface area contributed by atoms with Crippen LogP contribution in [0.3, 0.4) is 0 Å². The number of ether oxygens (including phenoxy) is 1. The SMILES string of the molecule is CCOP(=O)(OCC)c1ccc2c(c1)C(c1cccnc1)CC(C)(C)O2. The first-order chi connectivity index (χ1) is 12.4. The van der Waals surface area contributed by atoms with E-state index in [1.807, 2.05) is 38.2 Å². The minimum absolute atomic E-state index is 0.110. The van der Waals surface area contributed by atoms with Crippen LogP contribution in [0.5, 0.6) is 5.75 Å². The van der Waals surface area contributed by atoms with E-state index in [4.69, 9.17) is 13.8 Å². The Morgan fingerprint density at radius 2 is 1.96 bits per heavy atom. The summed E-state index contributed by atoms with van der Waals surface area (Å²) in [5.41, 5.74) is 1.82. The highest BCUT2D eigenvalue weighted by atomic mass is 31.2. The summed E-state index contributed by atoms with van der Waals surface area (Å²) in [7, 11) is -3.34. The summed E-state index contributed by atoms with van der Waals surface area (Å²) in [6, 6.07) is 9.58. The van der Waals surface area contributed by atoms with Crippen molar-refractivity contribution in [2.24, 2.45) is 0 Å². The molecule has 1 unspecified atom stereocenters. The van der Waals surface area contributed by atoms with Crippen molar-refractivity contribution in [2.75, 3.05) is 13.2 Å². The third kappa shape index (κ3) is 3.85. The van der Waals surface area contributed by atoms with Crippen LogP contribution in [0.2, 0.25) is 0 Å². The van der Waals surface area contributed by atoms with Gasteiger partial charge in [-0.05, 0) is 63.9 Å². The van der Waals surface area contributed by atoms with Gasteiger partial charge >= 0.3 is 7.60 Å². The molecular formula is C20H26NO4P. The second kappa shape index (κ2) is 7.51. The Hall–Kier alpha value is -1.68. The van der Waals surface area contributed by atoms with Crippen molar-refractivity contribution in [2.45, 2.75) is 45.6 Å². The van der Waals surface area contributed by atoms with Crippen molar-refractivity contribution in [1.29, 1.82) is 0 Å². The Morgan fingerprint density at radius 1 is 1.23 bits per heavy atom. The first-order valence-electron chi connectivity index (χ1n) is 9.01. The van der Waals surface area contributed by atoms with Crippen LogP contribution in [0.15, 0.2) is 42.7 Å². The highest BCUT2D eigenvalue weighted by molar-refractivity contribution is 7.62. The van der Waals surface area contributed by atoms with Crippen LogP contribution in [-0.2, 0) is 13.6 Å². The topological polar surface area (TPSA) is 57.7 Å². The Bertz CT molecular complexity index is 797.